The second kappa shape index (κ2) is 8.43. The summed E-state index contributed by atoms with van der Waals surface area (Å²) in [5, 5.41) is 3.45. The molecule has 0 saturated heterocycles. The number of nitrogens with zero attached hydrogens (tertiary/aromatic N) is 2. The molecule has 3 nitrogen and oxygen atoms in total. The second-order valence-electron chi connectivity index (χ2n) is 5.42. The van der Waals surface area contributed by atoms with Crippen molar-refractivity contribution in [3.05, 3.63) is 23.4 Å². The molecule has 4 heteroatoms. The van der Waals surface area contributed by atoms with E-state index in [1.165, 1.54) is 11.1 Å². The number of pyridine rings is 1. The van der Waals surface area contributed by atoms with Gasteiger partial charge in [0, 0.05) is 32.1 Å². The molecule has 1 aromatic rings. The van der Waals surface area contributed by atoms with Crippen LogP contribution < -0.4 is 10.2 Å². The largest absolute Gasteiger partial charge is 0.359 e. The zero-order chi connectivity index (χ0) is 14.3. The van der Waals surface area contributed by atoms with Crippen LogP contribution in [0.1, 0.15) is 25.0 Å². The van der Waals surface area contributed by atoms with Gasteiger partial charge in [0.1, 0.15) is 5.82 Å². The molecule has 1 N–H and O–H groups in total. The average molecular weight is 281 g/mol. The lowest BCUT2D eigenvalue weighted by Crippen LogP contribution is -2.23. The van der Waals surface area contributed by atoms with Gasteiger partial charge in [0.05, 0.1) is 0 Å². The van der Waals surface area contributed by atoms with Crippen LogP contribution in [0.3, 0.4) is 0 Å². The minimum Gasteiger partial charge on any atom is -0.359 e. The summed E-state index contributed by atoms with van der Waals surface area (Å²) in [6.07, 6.45) is 4.13. The highest BCUT2D eigenvalue weighted by atomic mass is 32.2. The van der Waals surface area contributed by atoms with E-state index in [1.54, 1.807) is 0 Å². The Balaban J connectivity index is 2.58. The number of hydrogen-bond acceptors (Lipinski definition) is 4. The topological polar surface area (TPSA) is 28.2 Å². The molecule has 0 bridgehead atoms. The van der Waals surface area contributed by atoms with E-state index in [9.17, 15) is 0 Å². The first-order chi connectivity index (χ1) is 9.04. The van der Waals surface area contributed by atoms with Crippen LogP contribution in [0.4, 0.5) is 5.82 Å². The maximum absolute atomic E-state index is 4.61. The zero-order valence-corrected chi connectivity index (χ0v) is 13.7. The smallest absolute Gasteiger partial charge is 0.131 e. The monoisotopic (exact) mass is 281 g/mol. The predicted octanol–water partition coefficient (Wildman–Crippen LogP) is 2.93. The van der Waals surface area contributed by atoms with Gasteiger partial charge in [-0.05, 0) is 42.8 Å². The van der Waals surface area contributed by atoms with E-state index in [2.05, 4.69) is 55.3 Å². The Morgan fingerprint density at radius 3 is 2.74 bits per heavy atom. The molecule has 0 aromatic carbocycles. The van der Waals surface area contributed by atoms with Crippen LogP contribution in [0.5, 0.6) is 0 Å². The van der Waals surface area contributed by atoms with Gasteiger partial charge in [-0.25, -0.2) is 4.98 Å². The Kier molecular flexibility index (Phi) is 7.24. The maximum atomic E-state index is 4.61. The first-order valence-electron chi connectivity index (χ1n) is 6.91. The summed E-state index contributed by atoms with van der Waals surface area (Å²) in [7, 11) is 2.11. The fourth-order valence-electron chi connectivity index (χ4n) is 1.96. The van der Waals surface area contributed by atoms with Gasteiger partial charge in [-0.15, -0.1) is 0 Å². The molecule has 1 heterocycles. The van der Waals surface area contributed by atoms with Gasteiger partial charge in [-0.2, -0.15) is 11.8 Å². The number of hydrogen-bond donors (Lipinski definition) is 1. The van der Waals surface area contributed by atoms with Crippen molar-refractivity contribution in [1.29, 1.82) is 0 Å². The van der Waals surface area contributed by atoms with Crippen molar-refractivity contribution in [2.75, 3.05) is 37.0 Å². The summed E-state index contributed by atoms with van der Waals surface area (Å²) in [5.41, 5.74) is 2.52. The van der Waals surface area contributed by atoms with Crippen molar-refractivity contribution in [2.45, 2.75) is 27.3 Å². The van der Waals surface area contributed by atoms with Crippen molar-refractivity contribution in [3.8, 4) is 0 Å². The lowest BCUT2D eigenvalue weighted by Gasteiger charge is -2.20. The Bertz CT molecular complexity index is 380. The van der Waals surface area contributed by atoms with Gasteiger partial charge in [0.25, 0.3) is 0 Å². The highest BCUT2D eigenvalue weighted by Crippen LogP contribution is 2.17. The van der Waals surface area contributed by atoms with Crippen molar-refractivity contribution in [2.24, 2.45) is 5.92 Å². The number of nitrogens with one attached hydrogen (secondary N) is 1. The molecule has 1 rings (SSSR count). The van der Waals surface area contributed by atoms with Crippen molar-refractivity contribution in [1.82, 2.24) is 10.3 Å². The summed E-state index contributed by atoms with van der Waals surface area (Å²) < 4.78 is 0. The summed E-state index contributed by atoms with van der Waals surface area (Å²) >= 11 is 1.87. The zero-order valence-electron chi connectivity index (χ0n) is 12.9. The van der Waals surface area contributed by atoms with Crippen molar-refractivity contribution in [3.63, 3.8) is 0 Å². The normalized spacial score (nSPS) is 11.1. The molecular weight excluding hydrogens is 254 g/mol. The van der Waals surface area contributed by atoms with Crippen molar-refractivity contribution >= 4 is 17.6 Å². The van der Waals surface area contributed by atoms with Gasteiger partial charge < -0.3 is 10.2 Å². The van der Waals surface area contributed by atoms with Crippen LogP contribution in [0.25, 0.3) is 0 Å². The van der Waals surface area contributed by atoms with E-state index >= 15 is 0 Å². The molecule has 0 saturated carbocycles. The fourth-order valence-corrected chi connectivity index (χ4v) is 2.42. The molecule has 0 aliphatic heterocycles. The molecule has 0 amide bonds. The molecular formula is C15H27N3S. The molecule has 0 aliphatic carbocycles. The van der Waals surface area contributed by atoms with Gasteiger partial charge in [0.15, 0.2) is 0 Å². The molecule has 0 atom stereocenters. The Morgan fingerprint density at radius 2 is 2.16 bits per heavy atom. The number of anilines is 1. The molecule has 1 aromatic heterocycles. The lowest BCUT2D eigenvalue weighted by molar-refractivity contribution is 0.552. The van der Waals surface area contributed by atoms with Crippen LogP contribution in [0.2, 0.25) is 0 Å². The van der Waals surface area contributed by atoms with E-state index in [-0.39, 0.29) is 0 Å². The first kappa shape index (κ1) is 16.3. The minimum absolute atomic E-state index is 0.686. The standard InChI is InChI=1S/C15H27N3S/c1-12(2)9-16-10-14-8-13(3)15(17-11-14)18(4)6-7-19-5/h8,11-12,16H,6-7,9-10H2,1-5H3. The molecule has 108 valence electrons. The van der Waals surface area contributed by atoms with Crippen LogP contribution in [0.15, 0.2) is 12.3 Å². The Labute approximate surface area is 122 Å². The molecule has 0 radical (unpaired) electrons. The summed E-state index contributed by atoms with van der Waals surface area (Å²) in [4.78, 5) is 6.84. The predicted molar refractivity (Wildman–Crippen MR) is 87.2 cm³/mol. The van der Waals surface area contributed by atoms with Crippen LogP contribution >= 0.6 is 11.8 Å². The average Bonchev–Trinajstić information content (AvgIpc) is 2.35. The SMILES string of the molecule is CSCCN(C)c1ncc(CNCC(C)C)cc1C. The third-order valence-electron chi connectivity index (χ3n) is 2.98. The highest BCUT2D eigenvalue weighted by molar-refractivity contribution is 7.98. The summed E-state index contributed by atoms with van der Waals surface area (Å²) in [5.74, 6) is 2.92. The Hall–Kier alpha value is -0.740. The number of thioether (sulfide) groups is 1. The van der Waals surface area contributed by atoms with Crippen LogP contribution in [-0.2, 0) is 6.54 Å². The van der Waals surface area contributed by atoms with Gasteiger partial charge in [-0.1, -0.05) is 13.8 Å². The quantitative estimate of drug-likeness (QED) is 0.793. The third-order valence-corrected chi connectivity index (χ3v) is 3.57. The van der Waals surface area contributed by atoms with E-state index < -0.39 is 0 Å². The Morgan fingerprint density at radius 1 is 1.42 bits per heavy atom. The van der Waals surface area contributed by atoms with E-state index in [0.717, 1.165) is 31.2 Å². The molecule has 0 unspecified atom stereocenters. The number of aryl methyl sites for hydroxylation is 1. The van der Waals surface area contributed by atoms with E-state index in [4.69, 9.17) is 0 Å². The van der Waals surface area contributed by atoms with Crippen LogP contribution in [-0.4, -0.2) is 37.1 Å². The van der Waals surface area contributed by atoms with Gasteiger partial charge >= 0.3 is 0 Å². The fraction of sp³-hybridized carbons (Fsp3) is 0.667. The third kappa shape index (κ3) is 5.83. The van der Waals surface area contributed by atoms with Crippen molar-refractivity contribution < 1.29 is 0 Å². The lowest BCUT2D eigenvalue weighted by atomic mass is 10.2. The molecule has 19 heavy (non-hydrogen) atoms. The van der Waals surface area contributed by atoms with Gasteiger partial charge in [0.2, 0.25) is 0 Å². The number of aromatic nitrogens is 1. The highest BCUT2D eigenvalue weighted by Gasteiger charge is 2.07. The van der Waals surface area contributed by atoms with Crippen LogP contribution in [0, 0.1) is 12.8 Å². The first-order valence-corrected chi connectivity index (χ1v) is 8.30. The molecule has 0 aliphatic rings. The molecule has 0 spiro atoms. The van der Waals surface area contributed by atoms with E-state index in [0.29, 0.717) is 5.92 Å². The van der Waals surface area contributed by atoms with Gasteiger partial charge in [-0.3, -0.25) is 0 Å². The second-order valence-corrected chi connectivity index (χ2v) is 6.41. The summed E-state index contributed by atoms with van der Waals surface area (Å²) in [6.45, 7) is 9.58. The summed E-state index contributed by atoms with van der Waals surface area (Å²) in [6, 6.07) is 2.24. The number of rotatable bonds is 8. The minimum atomic E-state index is 0.686. The maximum Gasteiger partial charge on any atom is 0.131 e. The van der Waals surface area contributed by atoms with E-state index in [1.807, 2.05) is 18.0 Å². The molecule has 0 fully saturated rings.